The van der Waals surface area contributed by atoms with Crippen molar-refractivity contribution in [3.63, 3.8) is 0 Å². The fraction of sp³-hybridized carbons (Fsp3) is 0.250. The van der Waals surface area contributed by atoms with Crippen molar-refractivity contribution in [1.82, 2.24) is 14.6 Å². The maximum Gasteiger partial charge on any atom is 0.262 e. The molecule has 0 saturated heterocycles. The lowest BCUT2D eigenvalue weighted by atomic mass is 10.1. The van der Waals surface area contributed by atoms with Gasteiger partial charge in [-0.25, -0.2) is 9.99 Å². The van der Waals surface area contributed by atoms with Crippen molar-refractivity contribution >= 4 is 45.9 Å². The quantitative estimate of drug-likeness (QED) is 0.266. The number of fused-ring (bicyclic) bond motifs is 1. The van der Waals surface area contributed by atoms with Gasteiger partial charge in [-0.05, 0) is 56.3 Å². The van der Waals surface area contributed by atoms with Crippen LogP contribution in [0, 0.1) is 0 Å². The van der Waals surface area contributed by atoms with Crippen molar-refractivity contribution in [2.24, 2.45) is 5.10 Å². The molecule has 0 spiro atoms. The minimum absolute atomic E-state index is 0.0391. The third kappa shape index (κ3) is 4.17. The fourth-order valence-electron chi connectivity index (χ4n) is 3.94. The fourth-order valence-corrected chi connectivity index (χ4v) is 5.08. The third-order valence-corrected chi connectivity index (χ3v) is 6.69. The number of thioether (sulfide) groups is 1. The number of rotatable bonds is 6. The number of hydrogen-bond acceptors (Lipinski definition) is 7. The standard InChI is InChI=1S/C24H21ClN4O4S/c1-14(2)28-23(31)16-8-7-15(25)11-17(16)26-24(28)34-13-22(30)29-19(21-6-4-10-33-21)12-18(27-29)20-5-3-9-32-20/h3-11,14,19H,12-13H2,1-2H3. The number of nitrogens with zero attached hydrogens (tertiary/aromatic N) is 4. The predicted octanol–water partition coefficient (Wildman–Crippen LogP) is 5.29. The average molecular weight is 497 g/mol. The van der Waals surface area contributed by atoms with Crippen molar-refractivity contribution in [3.8, 4) is 0 Å². The van der Waals surface area contributed by atoms with Crippen LogP contribution in [-0.2, 0) is 4.79 Å². The van der Waals surface area contributed by atoms with Crippen LogP contribution in [0.5, 0.6) is 0 Å². The molecule has 174 valence electrons. The predicted molar refractivity (Wildman–Crippen MR) is 130 cm³/mol. The smallest absolute Gasteiger partial charge is 0.262 e. The molecule has 1 aliphatic heterocycles. The number of amides is 1. The van der Waals surface area contributed by atoms with Crippen LogP contribution in [0.4, 0.5) is 0 Å². The molecule has 0 radical (unpaired) electrons. The monoisotopic (exact) mass is 496 g/mol. The van der Waals surface area contributed by atoms with Gasteiger partial charge in [0.2, 0.25) is 0 Å². The van der Waals surface area contributed by atoms with Gasteiger partial charge in [0, 0.05) is 17.5 Å². The first kappa shape index (κ1) is 22.5. The Balaban J connectivity index is 1.44. The van der Waals surface area contributed by atoms with E-state index in [0.29, 0.717) is 44.7 Å². The molecule has 5 rings (SSSR count). The van der Waals surface area contributed by atoms with E-state index in [1.165, 1.54) is 16.8 Å². The molecular formula is C24H21ClN4O4S. The molecule has 1 unspecified atom stereocenters. The molecule has 0 N–H and O–H groups in total. The zero-order valence-electron chi connectivity index (χ0n) is 18.5. The second kappa shape index (κ2) is 9.15. The van der Waals surface area contributed by atoms with E-state index in [-0.39, 0.29) is 29.3 Å². The molecule has 1 amide bonds. The Kier molecular flexibility index (Phi) is 6.05. The highest BCUT2D eigenvalue weighted by Crippen LogP contribution is 2.34. The van der Waals surface area contributed by atoms with Gasteiger partial charge < -0.3 is 8.83 Å². The van der Waals surface area contributed by atoms with E-state index in [2.05, 4.69) is 10.1 Å². The van der Waals surface area contributed by atoms with Gasteiger partial charge in [-0.3, -0.25) is 14.2 Å². The van der Waals surface area contributed by atoms with Gasteiger partial charge in [-0.2, -0.15) is 5.10 Å². The van der Waals surface area contributed by atoms with Crippen molar-refractivity contribution < 1.29 is 13.6 Å². The van der Waals surface area contributed by atoms with E-state index in [1.807, 2.05) is 26.0 Å². The molecule has 0 fully saturated rings. The van der Waals surface area contributed by atoms with Crippen LogP contribution in [0.2, 0.25) is 5.02 Å². The van der Waals surface area contributed by atoms with Crippen LogP contribution in [-0.4, -0.2) is 31.9 Å². The Hall–Kier alpha value is -3.30. The van der Waals surface area contributed by atoms with Crippen LogP contribution < -0.4 is 5.56 Å². The summed E-state index contributed by atoms with van der Waals surface area (Å²) in [4.78, 5) is 31.1. The topological polar surface area (TPSA) is 93.8 Å². The molecule has 0 aliphatic carbocycles. The first-order valence-electron chi connectivity index (χ1n) is 10.7. The summed E-state index contributed by atoms with van der Waals surface area (Å²) < 4.78 is 12.7. The summed E-state index contributed by atoms with van der Waals surface area (Å²) in [6, 6.07) is 11.7. The maximum absolute atomic E-state index is 13.3. The summed E-state index contributed by atoms with van der Waals surface area (Å²) in [6.45, 7) is 3.81. The zero-order valence-corrected chi connectivity index (χ0v) is 20.0. The summed E-state index contributed by atoms with van der Waals surface area (Å²) in [7, 11) is 0. The van der Waals surface area contributed by atoms with Gasteiger partial charge >= 0.3 is 0 Å². The maximum atomic E-state index is 13.3. The lowest BCUT2D eigenvalue weighted by Gasteiger charge is -2.20. The number of aromatic nitrogens is 2. The summed E-state index contributed by atoms with van der Waals surface area (Å²) >= 11 is 7.31. The minimum atomic E-state index is -0.376. The van der Waals surface area contributed by atoms with Gasteiger partial charge in [0.25, 0.3) is 11.5 Å². The Morgan fingerprint density at radius 2 is 2.00 bits per heavy atom. The van der Waals surface area contributed by atoms with Crippen molar-refractivity contribution in [1.29, 1.82) is 0 Å². The third-order valence-electron chi connectivity index (χ3n) is 5.52. The number of carbonyl (C=O) groups excluding carboxylic acids is 1. The molecule has 4 aromatic rings. The van der Waals surface area contributed by atoms with Gasteiger partial charge in [0.05, 0.1) is 29.2 Å². The Bertz CT molecular complexity index is 1430. The van der Waals surface area contributed by atoms with Crippen LogP contribution in [0.25, 0.3) is 10.9 Å². The molecule has 0 saturated carbocycles. The second-order valence-electron chi connectivity index (χ2n) is 8.11. The number of halogens is 1. The number of hydrogen-bond donors (Lipinski definition) is 0. The summed E-state index contributed by atoms with van der Waals surface area (Å²) in [5, 5.41) is 7.40. The van der Waals surface area contributed by atoms with Crippen LogP contribution in [0.1, 0.15) is 43.9 Å². The van der Waals surface area contributed by atoms with E-state index in [4.69, 9.17) is 20.4 Å². The summed E-state index contributed by atoms with van der Waals surface area (Å²) in [5.74, 6) is 1.06. The largest absolute Gasteiger partial charge is 0.467 e. The lowest BCUT2D eigenvalue weighted by Crippen LogP contribution is -2.29. The van der Waals surface area contributed by atoms with E-state index < -0.39 is 0 Å². The van der Waals surface area contributed by atoms with Gasteiger partial charge in [-0.15, -0.1) is 0 Å². The van der Waals surface area contributed by atoms with Gasteiger partial charge in [0.15, 0.2) is 5.16 Å². The lowest BCUT2D eigenvalue weighted by molar-refractivity contribution is -0.130. The number of carbonyl (C=O) groups is 1. The minimum Gasteiger partial charge on any atom is -0.467 e. The molecular weight excluding hydrogens is 476 g/mol. The molecule has 3 aromatic heterocycles. The van der Waals surface area contributed by atoms with Crippen LogP contribution >= 0.6 is 23.4 Å². The summed E-state index contributed by atoms with van der Waals surface area (Å²) in [6.07, 6.45) is 3.62. The molecule has 1 atom stereocenters. The van der Waals surface area contributed by atoms with E-state index in [0.717, 1.165) is 0 Å². The van der Waals surface area contributed by atoms with E-state index >= 15 is 0 Å². The number of hydrazone groups is 1. The molecule has 1 aromatic carbocycles. The Morgan fingerprint density at radius 1 is 1.21 bits per heavy atom. The van der Waals surface area contributed by atoms with Gasteiger partial charge in [-0.1, -0.05) is 23.4 Å². The summed E-state index contributed by atoms with van der Waals surface area (Å²) in [5.41, 5.74) is 0.999. The van der Waals surface area contributed by atoms with Gasteiger partial charge in [0.1, 0.15) is 23.3 Å². The Labute approximate surface area is 204 Å². The van der Waals surface area contributed by atoms with Crippen LogP contribution in [0.15, 0.2) is 78.9 Å². The first-order chi connectivity index (χ1) is 16.4. The molecule has 4 heterocycles. The van der Waals surface area contributed by atoms with Crippen LogP contribution in [0.3, 0.4) is 0 Å². The van der Waals surface area contributed by atoms with Crippen molar-refractivity contribution in [3.05, 3.63) is 81.9 Å². The number of furan rings is 2. The zero-order chi connectivity index (χ0) is 23.8. The normalized spacial score (nSPS) is 15.9. The number of benzene rings is 1. The Morgan fingerprint density at radius 3 is 2.71 bits per heavy atom. The highest BCUT2D eigenvalue weighted by atomic mass is 35.5. The molecule has 8 nitrogen and oxygen atoms in total. The molecule has 34 heavy (non-hydrogen) atoms. The van der Waals surface area contributed by atoms with E-state index in [1.54, 1.807) is 47.4 Å². The SMILES string of the molecule is CC(C)n1c(SCC(=O)N2N=C(c3ccco3)CC2c2ccco2)nc2cc(Cl)ccc2c1=O. The average Bonchev–Trinajstić information content (AvgIpc) is 3.57. The second-order valence-corrected chi connectivity index (χ2v) is 9.49. The molecule has 0 bridgehead atoms. The van der Waals surface area contributed by atoms with E-state index in [9.17, 15) is 9.59 Å². The highest BCUT2D eigenvalue weighted by molar-refractivity contribution is 7.99. The first-order valence-corrected chi connectivity index (χ1v) is 12.1. The van der Waals surface area contributed by atoms with Crippen molar-refractivity contribution in [2.75, 3.05) is 5.75 Å². The van der Waals surface area contributed by atoms with Crippen molar-refractivity contribution in [2.45, 2.75) is 37.5 Å². The highest BCUT2D eigenvalue weighted by Gasteiger charge is 2.35. The molecule has 10 heteroatoms. The molecule has 1 aliphatic rings.